The van der Waals surface area contributed by atoms with Gasteiger partial charge >= 0.3 is 59.7 Å². The Balaban J connectivity index is 6.85. The minimum Gasteiger partial charge on any atom is -0.481 e. The molecule has 10 amide bonds. The van der Waals surface area contributed by atoms with E-state index in [0.717, 1.165) is 76.0 Å². The van der Waals surface area contributed by atoms with E-state index in [9.17, 15) is 147 Å². The summed E-state index contributed by atoms with van der Waals surface area (Å²) < 4.78 is 11.6. The van der Waals surface area contributed by atoms with Crippen LogP contribution in [0.4, 0.5) is 0 Å². The predicted octanol–water partition coefficient (Wildman–Crippen LogP) is 2.13. The highest BCUT2D eigenvalue weighted by molar-refractivity contribution is 7.99. The number of aliphatic carboxylic acids is 8. The highest BCUT2D eigenvalue weighted by Crippen LogP contribution is 2.21. The number of hydrogen-bond acceptors (Lipinski definition) is 27. The lowest BCUT2D eigenvalue weighted by molar-refractivity contribution is -0.162. The maximum atomic E-state index is 14.3. The van der Waals surface area contributed by atoms with E-state index < -0.39 is 319 Å². The molecule has 734 valence electrons. The Bertz CT molecular complexity index is 3560. The zero-order chi connectivity index (χ0) is 97.3. The SMILES string of the molecule is CCCCCCCCCCCCCC(C)C(=O)OCC(CSCC(N)C(=O)N[C@@H](CO)C(=O)NC(CO)C(=O)N[C@@H](CCC(=O)O)C(=O)NC(CCC(=O)O)C(=O)N[C@@H](CCC(=O)O)C(=O)NC(CCC(=O)O)C(=O)N[C@@H](CCC(=O)O)C(=O)NC(CCC(=O)O)C(=O)N[C@@H](CCC(=O)O)C(=O)N[C@H](C=O)CCC(=O)O)OC(=O)C(C)CCCCCCCCCCCCC. The van der Waals surface area contributed by atoms with Crippen molar-refractivity contribution in [1.82, 2.24) is 53.2 Å². The van der Waals surface area contributed by atoms with Gasteiger partial charge in [-0.3, -0.25) is 95.9 Å². The van der Waals surface area contributed by atoms with E-state index in [4.69, 9.17) is 20.3 Å². The monoisotopic (exact) mass is 1860 g/mol. The number of nitrogens with two attached hydrogens (primary N) is 1. The Morgan fingerprint density at radius 2 is 0.519 bits per heavy atom. The van der Waals surface area contributed by atoms with Gasteiger partial charge in [0.2, 0.25) is 59.1 Å². The minimum absolute atomic E-state index is 0.0161. The van der Waals surface area contributed by atoms with Crippen LogP contribution < -0.4 is 58.9 Å². The average molecular weight is 1860 g/mol. The van der Waals surface area contributed by atoms with Gasteiger partial charge in [-0.25, -0.2) is 0 Å². The minimum atomic E-state index is -2.18. The fourth-order valence-corrected chi connectivity index (χ4v) is 13.9. The molecule has 0 radical (unpaired) electrons. The van der Waals surface area contributed by atoms with Crippen LogP contribution in [0.25, 0.3) is 0 Å². The van der Waals surface area contributed by atoms with Crippen molar-refractivity contribution in [2.24, 2.45) is 17.6 Å². The second kappa shape index (κ2) is 70.2. The molecule has 0 aliphatic heterocycles. The van der Waals surface area contributed by atoms with E-state index in [-0.39, 0.29) is 24.4 Å². The van der Waals surface area contributed by atoms with E-state index in [1.54, 1.807) is 13.8 Å². The summed E-state index contributed by atoms with van der Waals surface area (Å²) in [4.78, 5) is 272. The highest BCUT2D eigenvalue weighted by atomic mass is 32.2. The number of aldehydes is 1. The summed E-state index contributed by atoms with van der Waals surface area (Å²) in [5, 5.41) is 118. The summed E-state index contributed by atoms with van der Waals surface area (Å²) in [6, 6.07) is -21.6. The van der Waals surface area contributed by atoms with Crippen LogP contribution in [0.1, 0.15) is 285 Å². The second-order valence-electron chi connectivity index (χ2n) is 31.9. The molecular formula is C84H139N11O33S. The molecule has 0 aliphatic carbocycles. The first kappa shape index (κ1) is 118. The molecule has 0 bridgehead atoms. The number of carboxylic acids is 8. The third kappa shape index (κ3) is 57.8. The number of ether oxygens (including phenoxy) is 2. The zero-order valence-electron chi connectivity index (χ0n) is 74.3. The molecule has 129 heavy (non-hydrogen) atoms. The molecule has 0 saturated heterocycles. The van der Waals surface area contributed by atoms with Crippen molar-refractivity contribution in [2.45, 2.75) is 357 Å². The number of nitrogens with one attached hydrogen (secondary N) is 10. The maximum Gasteiger partial charge on any atom is 0.309 e. The maximum absolute atomic E-state index is 14.3. The van der Waals surface area contributed by atoms with Crippen LogP contribution in [0.3, 0.4) is 0 Å². The Morgan fingerprint density at radius 1 is 0.295 bits per heavy atom. The number of unbranched alkanes of at least 4 members (excludes halogenated alkanes) is 20. The number of aliphatic hydroxyl groups excluding tert-OH is 2. The first-order valence-corrected chi connectivity index (χ1v) is 45.4. The van der Waals surface area contributed by atoms with Gasteiger partial charge in [-0.2, -0.15) is 11.8 Å². The molecule has 44 nitrogen and oxygen atoms in total. The lowest BCUT2D eigenvalue weighted by Gasteiger charge is -2.28. The molecule has 45 heteroatoms. The van der Waals surface area contributed by atoms with Crippen LogP contribution in [0.15, 0.2) is 0 Å². The predicted molar refractivity (Wildman–Crippen MR) is 461 cm³/mol. The number of hydrogen-bond donors (Lipinski definition) is 21. The fraction of sp³-hybridized carbons (Fsp3) is 0.750. The van der Waals surface area contributed by atoms with Crippen molar-refractivity contribution in [3.8, 4) is 0 Å². The zero-order valence-corrected chi connectivity index (χ0v) is 75.1. The molecule has 0 aromatic rings. The van der Waals surface area contributed by atoms with E-state index in [1.807, 2.05) is 0 Å². The molecule has 0 rings (SSSR count). The number of esters is 2. The molecule has 0 heterocycles. The lowest BCUT2D eigenvalue weighted by Crippen LogP contribution is -2.61. The normalized spacial score (nSPS) is 14.3. The van der Waals surface area contributed by atoms with Crippen molar-refractivity contribution in [3.63, 3.8) is 0 Å². The molecular weight excluding hydrogens is 1720 g/mol. The molecule has 0 aromatic carbocycles. The molecule has 0 saturated carbocycles. The van der Waals surface area contributed by atoms with Gasteiger partial charge in [0, 0.05) is 62.9 Å². The Labute approximate surface area is 754 Å². The number of carbonyl (C=O) groups excluding carboxylic acids is 13. The van der Waals surface area contributed by atoms with Crippen molar-refractivity contribution in [3.05, 3.63) is 0 Å². The molecule has 0 spiro atoms. The summed E-state index contributed by atoms with van der Waals surface area (Å²) in [6.45, 7) is 5.10. The topological polar surface area (TPSA) is 726 Å². The molecule has 0 fully saturated rings. The van der Waals surface area contributed by atoms with Crippen molar-refractivity contribution >= 4 is 137 Å². The molecule has 0 aliphatic rings. The van der Waals surface area contributed by atoms with Gasteiger partial charge in [-0.1, -0.05) is 169 Å². The van der Waals surface area contributed by atoms with Gasteiger partial charge in [0.1, 0.15) is 73.4 Å². The van der Waals surface area contributed by atoms with Gasteiger partial charge in [0.25, 0.3) is 0 Å². The number of thioether (sulfide) groups is 1. The van der Waals surface area contributed by atoms with Crippen molar-refractivity contribution < 1.29 is 161 Å². The van der Waals surface area contributed by atoms with Crippen LogP contribution in [-0.4, -0.2) is 280 Å². The summed E-state index contributed by atoms with van der Waals surface area (Å²) in [6.07, 6.45) is 11.0. The fourth-order valence-electron chi connectivity index (χ4n) is 12.9. The van der Waals surface area contributed by atoms with Crippen LogP contribution in [0.2, 0.25) is 0 Å². The van der Waals surface area contributed by atoms with E-state index in [2.05, 4.69) is 67.0 Å². The summed E-state index contributed by atoms with van der Waals surface area (Å²) in [7, 11) is 0. The van der Waals surface area contributed by atoms with Crippen molar-refractivity contribution in [1.29, 1.82) is 0 Å². The van der Waals surface area contributed by atoms with Crippen LogP contribution in [-0.2, 0) is 110 Å². The molecule has 14 atom stereocenters. The summed E-state index contributed by atoms with van der Waals surface area (Å²) >= 11 is 1.03. The quantitative estimate of drug-likeness (QED) is 0.0236. The first-order valence-electron chi connectivity index (χ1n) is 44.3. The number of aliphatic hydroxyl groups is 2. The summed E-state index contributed by atoms with van der Waals surface area (Å²) in [5.74, 6) is -28.9. The first-order chi connectivity index (χ1) is 61.1. The van der Waals surface area contributed by atoms with Crippen molar-refractivity contribution in [2.75, 3.05) is 31.3 Å². The Hall–Kier alpha value is -10.7. The largest absolute Gasteiger partial charge is 0.481 e. The molecule has 22 N–H and O–H groups in total. The van der Waals surface area contributed by atoms with Gasteiger partial charge < -0.3 is 124 Å². The Morgan fingerprint density at radius 3 is 0.775 bits per heavy atom. The number of amides is 10. The number of carbonyl (C=O) groups is 21. The van der Waals surface area contributed by atoms with E-state index in [0.29, 0.717) is 12.8 Å². The average Bonchev–Trinajstić information content (AvgIpc) is 0.854. The smallest absolute Gasteiger partial charge is 0.309 e. The van der Waals surface area contributed by atoms with Gasteiger partial charge in [0.05, 0.1) is 37.1 Å². The third-order valence-corrected chi connectivity index (χ3v) is 21.9. The lowest BCUT2D eigenvalue weighted by atomic mass is 10.0. The standard InChI is InChI=1S/C84H139N11O33S/c1-5-7-9-11-13-15-17-19-21-23-25-27-51(3)83(125)127-48-54(128-84(126)52(4)28-26-24-22-20-18-16-14-12-10-8-6-2)49-129-50-55(85)73(115)94-63(46-97)82(124)95-64(47-98)81(123)93-62(36-44-72(113)114)80(122)92-61(35-43-71(111)112)79(121)91-60(34-42-70(109)110)78(120)90-59(33-41-69(107)108)77(119)89-58(32-40-68(105)106)76(118)88-57(31-39-67(103)104)75(117)87-56(30-38-66(101)102)74(116)86-53(45-96)29-37-65(99)100/h45,51-64,97-98H,5-44,46-50,85H2,1-4H3,(H,86,116)(H,87,117)(H,88,118)(H,89,119)(H,90,120)(H,91,121)(H,92,122)(H,93,123)(H,94,115)(H,95,124)(H,99,100)(H,101,102)(H,103,104)(H,105,106)(H,107,108)(H,109,110)(H,111,112)(H,113,114)/t51?,52?,53-,54?,55?,56-,57?,58-,59?,60-,61?,62-,63-,64?/m0/s1. The number of carboxylic acid groups (broad SMARTS) is 8. The highest BCUT2D eigenvalue weighted by Gasteiger charge is 2.38. The summed E-state index contributed by atoms with van der Waals surface area (Å²) in [5.41, 5.74) is 6.25. The van der Waals surface area contributed by atoms with Gasteiger partial charge in [0.15, 0.2) is 0 Å². The molecule has 0 aromatic heterocycles. The van der Waals surface area contributed by atoms with E-state index >= 15 is 0 Å². The number of rotatable bonds is 80. The van der Waals surface area contributed by atoms with E-state index in [1.165, 1.54) is 77.0 Å². The van der Waals surface area contributed by atoms with Crippen LogP contribution in [0, 0.1) is 11.8 Å². The van der Waals surface area contributed by atoms with Gasteiger partial charge in [-0.05, 0) is 64.2 Å². The van der Waals surface area contributed by atoms with Gasteiger partial charge in [-0.15, -0.1) is 0 Å². The molecule has 8 unspecified atom stereocenters. The van der Waals surface area contributed by atoms with Crippen LogP contribution >= 0.6 is 11.8 Å². The third-order valence-electron chi connectivity index (χ3n) is 20.7. The van der Waals surface area contributed by atoms with Crippen LogP contribution in [0.5, 0.6) is 0 Å². The Kier molecular flexibility index (Phi) is 64.4. The second-order valence-corrected chi connectivity index (χ2v) is 33.0.